The van der Waals surface area contributed by atoms with Crippen molar-refractivity contribution in [1.29, 1.82) is 0 Å². The summed E-state index contributed by atoms with van der Waals surface area (Å²) in [5, 5.41) is 9.91. The summed E-state index contributed by atoms with van der Waals surface area (Å²) in [5.41, 5.74) is 2.05. The maximum absolute atomic E-state index is 11.6. The van der Waals surface area contributed by atoms with E-state index in [1.54, 1.807) is 0 Å². The molecule has 2 amide bonds. The van der Waals surface area contributed by atoms with Crippen molar-refractivity contribution in [2.75, 3.05) is 6.54 Å². The number of nitrogens with zero attached hydrogens (tertiary/aromatic N) is 2. The highest BCUT2D eigenvalue weighted by atomic mass is 35.5. The number of carbonyl (C=O) groups excluding carboxylic acids is 3. The molecule has 8 nitrogen and oxygen atoms in total. The summed E-state index contributed by atoms with van der Waals surface area (Å²) in [6, 6.07) is 7.73. The Morgan fingerprint density at radius 3 is 2.68 bits per heavy atom. The number of hydrogen-bond acceptors (Lipinski definition) is 6. The zero-order valence-corrected chi connectivity index (χ0v) is 22.0. The van der Waals surface area contributed by atoms with E-state index >= 15 is 0 Å². The molecule has 2 N–H and O–H groups in total. The van der Waals surface area contributed by atoms with E-state index in [0.717, 1.165) is 54.9 Å². The van der Waals surface area contributed by atoms with Crippen LogP contribution in [0.1, 0.15) is 64.9 Å². The van der Waals surface area contributed by atoms with Gasteiger partial charge in [-0.25, -0.2) is 0 Å². The number of halogens is 1. The highest BCUT2D eigenvalue weighted by molar-refractivity contribution is 7.13. The van der Waals surface area contributed by atoms with Crippen LogP contribution in [0, 0.1) is 0 Å². The fourth-order valence-corrected chi connectivity index (χ4v) is 3.84. The molecule has 0 aromatic heterocycles. The highest BCUT2D eigenvalue weighted by Crippen LogP contribution is 2.24. The van der Waals surface area contributed by atoms with Gasteiger partial charge in [-0.05, 0) is 44.9 Å². The van der Waals surface area contributed by atoms with Crippen molar-refractivity contribution in [3.63, 3.8) is 0 Å². The molecule has 4 unspecified atom stereocenters. The minimum Gasteiger partial charge on any atom is -0.392 e. The van der Waals surface area contributed by atoms with Crippen LogP contribution in [-0.4, -0.2) is 59.3 Å². The van der Waals surface area contributed by atoms with Crippen LogP contribution in [0.3, 0.4) is 0 Å². The van der Waals surface area contributed by atoms with Gasteiger partial charge in [0.25, 0.3) is 5.91 Å². The lowest BCUT2D eigenvalue weighted by molar-refractivity contribution is -0.139. The van der Waals surface area contributed by atoms with Gasteiger partial charge in [-0.1, -0.05) is 58.5 Å². The summed E-state index contributed by atoms with van der Waals surface area (Å²) < 4.78 is 2.24. The van der Waals surface area contributed by atoms with E-state index in [1.807, 2.05) is 31.2 Å². The molecule has 1 heterocycles. The molecule has 188 valence electrons. The summed E-state index contributed by atoms with van der Waals surface area (Å²) in [4.78, 5) is 38.7. The molecular weight excluding hydrogens is 475 g/mol. The average molecular weight is 511 g/mol. The van der Waals surface area contributed by atoms with E-state index in [0.29, 0.717) is 18.9 Å². The van der Waals surface area contributed by atoms with E-state index in [4.69, 9.17) is 16.4 Å². The van der Waals surface area contributed by atoms with Gasteiger partial charge in [-0.2, -0.15) is 0 Å². The zero-order chi connectivity index (χ0) is 25.1. The van der Waals surface area contributed by atoms with Crippen LogP contribution in [0.15, 0.2) is 29.4 Å². The third-order valence-electron chi connectivity index (χ3n) is 5.73. The van der Waals surface area contributed by atoms with Crippen molar-refractivity contribution in [2.24, 2.45) is 5.16 Å². The molecule has 10 heteroatoms. The first-order chi connectivity index (χ1) is 16.3. The Morgan fingerprint density at radius 2 is 2.09 bits per heavy atom. The van der Waals surface area contributed by atoms with Gasteiger partial charge < -0.3 is 15.5 Å². The monoisotopic (exact) mass is 510 g/mol. The predicted molar refractivity (Wildman–Crippen MR) is 138 cm³/mol. The molecule has 4 atom stereocenters. The number of hydrogen-bond donors (Lipinski definition) is 2. The Morgan fingerprint density at radius 1 is 1.35 bits per heavy atom. The maximum atomic E-state index is 11.6. The molecule has 0 radical (unpaired) electrons. The van der Waals surface area contributed by atoms with E-state index in [1.165, 1.54) is 0 Å². The fraction of sp³-hybridized carbons (Fsp3) is 0.583. The molecule has 1 aliphatic carbocycles. The number of oxime groups is 1. The van der Waals surface area contributed by atoms with Crippen molar-refractivity contribution in [2.45, 2.75) is 83.5 Å². The molecule has 1 fully saturated rings. The molecule has 1 saturated carbocycles. The van der Waals surface area contributed by atoms with Crippen molar-refractivity contribution in [3.05, 3.63) is 34.9 Å². The molecule has 1 aromatic carbocycles. The van der Waals surface area contributed by atoms with Gasteiger partial charge in [0, 0.05) is 35.5 Å². The number of nitrogens with one attached hydrogen (secondary N) is 2. The first kappa shape index (κ1) is 28.2. The third-order valence-corrected chi connectivity index (χ3v) is 6.83. The summed E-state index contributed by atoms with van der Waals surface area (Å²) in [6.45, 7) is 7.26. The molecule has 0 spiro atoms. The first-order valence-corrected chi connectivity index (χ1v) is 12.7. The van der Waals surface area contributed by atoms with Crippen LogP contribution in [0.2, 0.25) is 5.02 Å². The van der Waals surface area contributed by atoms with E-state index < -0.39 is 17.7 Å². The Balaban J connectivity index is 0.000000248. The number of benzene rings is 1. The van der Waals surface area contributed by atoms with Crippen molar-refractivity contribution in [3.8, 4) is 0 Å². The first-order valence-electron chi connectivity index (χ1n) is 11.8. The second-order valence-corrected chi connectivity index (χ2v) is 9.73. The molecule has 2 aliphatic rings. The van der Waals surface area contributed by atoms with E-state index in [9.17, 15) is 14.4 Å². The molecule has 1 aromatic rings. The normalized spacial score (nSPS) is 18.6. The second kappa shape index (κ2) is 14.4. The van der Waals surface area contributed by atoms with Gasteiger partial charge in [0.15, 0.2) is 0 Å². The lowest BCUT2D eigenvalue weighted by Crippen LogP contribution is -2.45. The highest BCUT2D eigenvalue weighted by Gasteiger charge is 2.30. The molecule has 1 aliphatic heterocycles. The van der Waals surface area contributed by atoms with E-state index in [2.05, 4.69) is 43.7 Å². The van der Waals surface area contributed by atoms with Crippen LogP contribution in [0.25, 0.3) is 0 Å². The lowest BCUT2D eigenvalue weighted by Gasteiger charge is -2.24. The smallest absolute Gasteiger partial charge is 0.289 e. The number of Topliss-reactive ketones (excluding diaryl/α,β-unsaturated/α-hetero) is 1. The van der Waals surface area contributed by atoms with Crippen molar-refractivity contribution < 1.29 is 19.2 Å². The number of ketones is 1. The predicted octanol–water partition coefficient (Wildman–Crippen LogP) is 3.47. The largest absolute Gasteiger partial charge is 0.392 e. The summed E-state index contributed by atoms with van der Waals surface area (Å²) in [6.07, 6.45) is 5.58. The molecular formula is C24H36ClN4O4P. The Kier molecular flexibility index (Phi) is 11.9. The lowest BCUT2D eigenvalue weighted by atomic mass is 10.0. The fourth-order valence-electron chi connectivity index (χ4n) is 3.52. The van der Waals surface area contributed by atoms with Gasteiger partial charge in [0.2, 0.25) is 12.2 Å². The summed E-state index contributed by atoms with van der Waals surface area (Å²) >= 11 is 6.00. The van der Waals surface area contributed by atoms with Crippen LogP contribution < -0.4 is 10.6 Å². The Labute approximate surface area is 209 Å². The maximum Gasteiger partial charge on any atom is 0.289 e. The molecule has 3 rings (SSSR count). The number of amides is 2. The van der Waals surface area contributed by atoms with E-state index in [-0.39, 0.29) is 12.1 Å². The summed E-state index contributed by atoms with van der Waals surface area (Å²) in [5.74, 6) is -1.12. The minimum atomic E-state index is -0.675. The van der Waals surface area contributed by atoms with Crippen LogP contribution >= 0.6 is 21.0 Å². The average Bonchev–Trinajstić information content (AvgIpc) is 3.52. The van der Waals surface area contributed by atoms with Crippen molar-refractivity contribution in [1.82, 2.24) is 15.3 Å². The molecule has 0 saturated heterocycles. The summed E-state index contributed by atoms with van der Waals surface area (Å²) in [7, 11) is 2.76. The molecule has 0 bridgehead atoms. The van der Waals surface area contributed by atoms with Gasteiger partial charge in [-0.15, -0.1) is 0 Å². The van der Waals surface area contributed by atoms with Crippen molar-refractivity contribution >= 4 is 44.8 Å². The third kappa shape index (κ3) is 9.32. The SMILES string of the molecule is CCCC(NC=O)C(=O)C(=O)NC1CC1.CCN(P)C(C)CC1CC(c2cccc(Cl)c2)=NO1. The zero-order valence-electron chi connectivity index (χ0n) is 20.1. The standard InChI is InChI=1S/C14H20ClN2OP.C10H16N2O3/c1-3-17(19)10(2)7-13-9-14(16-18-13)11-5-4-6-12(15)8-11;1-2-3-8(11-6-13)9(14)10(15)12-7-4-5-7/h4-6,8,10,13H,3,7,9,19H2,1-2H3;6-8H,2-5H2,1H3,(H,11,13)(H,12,15). The second-order valence-electron chi connectivity index (χ2n) is 8.63. The van der Waals surface area contributed by atoms with Gasteiger partial charge >= 0.3 is 0 Å². The topological polar surface area (TPSA) is 100 Å². The van der Waals surface area contributed by atoms with Crippen LogP contribution in [0.4, 0.5) is 0 Å². The molecule has 34 heavy (non-hydrogen) atoms. The van der Waals surface area contributed by atoms with Gasteiger partial charge in [-0.3, -0.25) is 19.1 Å². The van der Waals surface area contributed by atoms with Gasteiger partial charge in [0.1, 0.15) is 6.10 Å². The quantitative estimate of drug-likeness (QED) is 0.255. The van der Waals surface area contributed by atoms with Crippen LogP contribution in [0.5, 0.6) is 0 Å². The number of rotatable bonds is 12. The van der Waals surface area contributed by atoms with Crippen LogP contribution in [-0.2, 0) is 19.2 Å². The number of carbonyl (C=O) groups is 3. The minimum absolute atomic E-state index is 0.165. The Bertz CT molecular complexity index is 865. The van der Waals surface area contributed by atoms with Gasteiger partial charge in [0.05, 0.1) is 11.8 Å². The Hall–Kier alpha value is -2.02.